The standard InChI is InChI=1S/C28H25BrFN5O4S2/c1-17(38-8-9-41(2,36)37)28-35-25(15-40-28)23-12-21-24(13-31-23)32-16-33-27(21)34-20-6-7-26(22(29)11-20)39-14-18-4-3-5-19(30)10-18/h3-7,10-13,15-17H,8-9,14H2,1-2H3,(H,32,33,34). The van der Waals surface area contributed by atoms with Crippen LogP contribution in [0.15, 0.2) is 70.9 Å². The van der Waals surface area contributed by atoms with Crippen LogP contribution >= 0.6 is 27.3 Å². The number of nitrogens with one attached hydrogen (secondary N) is 1. The van der Waals surface area contributed by atoms with Crippen LogP contribution in [0.25, 0.3) is 22.3 Å². The van der Waals surface area contributed by atoms with E-state index in [1.165, 1.54) is 36.1 Å². The number of nitrogens with zero attached hydrogens (tertiary/aromatic N) is 4. The molecule has 0 fully saturated rings. The molecule has 0 bridgehead atoms. The van der Waals surface area contributed by atoms with Crippen molar-refractivity contribution in [2.45, 2.75) is 19.6 Å². The minimum atomic E-state index is -3.10. The first-order valence-corrected chi connectivity index (χ1v) is 16.2. The number of fused-ring (bicyclic) bond motifs is 1. The number of sulfone groups is 1. The van der Waals surface area contributed by atoms with Gasteiger partial charge >= 0.3 is 0 Å². The van der Waals surface area contributed by atoms with Gasteiger partial charge in [-0.2, -0.15) is 0 Å². The molecule has 5 aromatic rings. The van der Waals surface area contributed by atoms with Gasteiger partial charge in [0, 0.05) is 22.7 Å². The van der Waals surface area contributed by atoms with E-state index in [9.17, 15) is 12.8 Å². The highest BCUT2D eigenvalue weighted by Gasteiger charge is 2.15. The maximum atomic E-state index is 13.5. The molecule has 0 saturated carbocycles. The highest BCUT2D eigenvalue weighted by atomic mass is 79.9. The number of anilines is 2. The fourth-order valence-electron chi connectivity index (χ4n) is 3.86. The number of halogens is 2. The van der Waals surface area contributed by atoms with Crippen LogP contribution in [0.1, 0.15) is 23.6 Å². The Balaban J connectivity index is 1.31. The smallest absolute Gasteiger partial charge is 0.149 e. The SMILES string of the molecule is CC(OCCS(C)(=O)=O)c1nc(-c2cc3c(Nc4ccc(OCc5cccc(F)c5)c(Br)c4)ncnc3cn2)cs1. The Morgan fingerprint density at radius 2 is 1.95 bits per heavy atom. The summed E-state index contributed by atoms with van der Waals surface area (Å²) in [6, 6.07) is 13.7. The predicted octanol–water partition coefficient (Wildman–Crippen LogP) is 6.49. The zero-order chi connectivity index (χ0) is 29.0. The number of ether oxygens (including phenoxy) is 2. The van der Waals surface area contributed by atoms with Gasteiger partial charge in [-0.3, -0.25) is 4.98 Å². The second kappa shape index (κ2) is 12.6. The van der Waals surface area contributed by atoms with Crippen molar-refractivity contribution in [3.8, 4) is 17.1 Å². The van der Waals surface area contributed by atoms with Crippen molar-refractivity contribution in [2.24, 2.45) is 0 Å². The largest absolute Gasteiger partial charge is 0.488 e. The molecule has 9 nitrogen and oxygen atoms in total. The lowest BCUT2D eigenvalue weighted by atomic mass is 10.2. The number of rotatable bonds is 11. The van der Waals surface area contributed by atoms with Crippen LogP contribution in [-0.2, 0) is 21.2 Å². The Labute approximate surface area is 248 Å². The molecule has 0 radical (unpaired) electrons. The molecular weight excluding hydrogens is 633 g/mol. The Morgan fingerprint density at radius 3 is 2.73 bits per heavy atom. The molecule has 0 aliphatic heterocycles. The van der Waals surface area contributed by atoms with E-state index in [1.807, 2.05) is 36.6 Å². The normalized spacial score (nSPS) is 12.4. The number of pyridine rings is 1. The lowest BCUT2D eigenvalue weighted by Crippen LogP contribution is -2.12. The van der Waals surface area contributed by atoms with Crippen LogP contribution < -0.4 is 10.1 Å². The van der Waals surface area contributed by atoms with Gasteiger partial charge in [-0.1, -0.05) is 12.1 Å². The van der Waals surface area contributed by atoms with E-state index >= 15 is 0 Å². The summed E-state index contributed by atoms with van der Waals surface area (Å²) in [4.78, 5) is 18.0. The van der Waals surface area contributed by atoms with E-state index in [-0.39, 0.29) is 30.9 Å². The minimum Gasteiger partial charge on any atom is -0.488 e. The fraction of sp³-hybridized carbons (Fsp3) is 0.214. The Kier molecular flexibility index (Phi) is 8.88. The second-order valence-electron chi connectivity index (χ2n) is 9.21. The first kappa shape index (κ1) is 29.0. The van der Waals surface area contributed by atoms with Crippen molar-refractivity contribution >= 4 is 59.5 Å². The topological polar surface area (TPSA) is 116 Å². The molecule has 3 heterocycles. The third kappa shape index (κ3) is 7.61. The van der Waals surface area contributed by atoms with Gasteiger partial charge in [-0.05, 0) is 64.8 Å². The van der Waals surface area contributed by atoms with E-state index in [4.69, 9.17) is 9.47 Å². The molecule has 0 aliphatic rings. The van der Waals surface area contributed by atoms with Crippen molar-refractivity contribution in [3.63, 3.8) is 0 Å². The van der Waals surface area contributed by atoms with E-state index in [0.717, 1.165) is 26.1 Å². The predicted molar refractivity (Wildman–Crippen MR) is 161 cm³/mol. The van der Waals surface area contributed by atoms with Crippen molar-refractivity contribution in [2.75, 3.05) is 23.9 Å². The summed E-state index contributed by atoms with van der Waals surface area (Å²) in [7, 11) is -3.10. The molecular formula is C28H25BrFN5O4S2. The Bertz CT molecular complexity index is 1800. The lowest BCUT2D eigenvalue weighted by molar-refractivity contribution is 0.0776. The summed E-state index contributed by atoms with van der Waals surface area (Å²) in [6.45, 7) is 2.18. The highest BCUT2D eigenvalue weighted by Crippen LogP contribution is 2.33. The van der Waals surface area contributed by atoms with Gasteiger partial charge in [-0.25, -0.2) is 27.8 Å². The summed E-state index contributed by atoms with van der Waals surface area (Å²) < 4.78 is 48.4. The lowest BCUT2D eigenvalue weighted by Gasteiger charge is -2.12. The Morgan fingerprint density at radius 1 is 1.10 bits per heavy atom. The van der Waals surface area contributed by atoms with E-state index < -0.39 is 9.84 Å². The summed E-state index contributed by atoms with van der Waals surface area (Å²) >= 11 is 4.97. The summed E-state index contributed by atoms with van der Waals surface area (Å²) in [5.74, 6) is 0.860. The zero-order valence-corrected chi connectivity index (χ0v) is 25.3. The fourth-order valence-corrected chi connectivity index (χ4v) is 5.57. The monoisotopic (exact) mass is 657 g/mol. The van der Waals surface area contributed by atoms with Crippen LogP contribution in [-0.4, -0.2) is 47.0 Å². The van der Waals surface area contributed by atoms with Crippen molar-refractivity contribution < 1.29 is 22.3 Å². The molecule has 1 N–H and O–H groups in total. The van der Waals surface area contributed by atoms with Gasteiger partial charge in [0.2, 0.25) is 0 Å². The number of hydrogen-bond acceptors (Lipinski definition) is 10. The summed E-state index contributed by atoms with van der Waals surface area (Å²) in [6.07, 6.45) is 3.96. The first-order chi connectivity index (χ1) is 19.6. The summed E-state index contributed by atoms with van der Waals surface area (Å²) in [5, 5.41) is 6.70. The van der Waals surface area contributed by atoms with Crippen LogP contribution in [0.3, 0.4) is 0 Å². The molecule has 212 valence electrons. The van der Waals surface area contributed by atoms with Crippen LogP contribution in [0.4, 0.5) is 15.9 Å². The average Bonchev–Trinajstić information content (AvgIpc) is 3.43. The molecule has 0 aliphatic carbocycles. The maximum absolute atomic E-state index is 13.5. The number of aromatic nitrogens is 4. The molecule has 41 heavy (non-hydrogen) atoms. The molecule has 1 atom stereocenters. The third-order valence-electron chi connectivity index (χ3n) is 5.95. The van der Waals surface area contributed by atoms with Crippen LogP contribution in [0.5, 0.6) is 5.75 Å². The zero-order valence-electron chi connectivity index (χ0n) is 22.0. The first-order valence-electron chi connectivity index (χ1n) is 12.4. The third-order valence-corrected chi connectivity index (χ3v) is 8.49. The van der Waals surface area contributed by atoms with E-state index in [2.05, 4.69) is 41.2 Å². The molecule has 0 saturated heterocycles. The summed E-state index contributed by atoms with van der Waals surface area (Å²) in [5.41, 5.74) is 3.47. The highest BCUT2D eigenvalue weighted by molar-refractivity contribution is 9.10. The van der Waals surface area contributed by atoms with Crippen molar-refractivity contribution in [1.82, 2.24) is 19.9 Å². The van der Waals surface area contributed by atoms with Crippen molar-refractivity contribution in [3.05, 3.63) is 87.3 Å². The van der Waals surface area contributed by atoms with Gasteiger partial charge in [0.05, 0.1) is 39.9 Å². The quantitative estimate of drug-likeness (QED) is 0.170. The number of hydrogen-bond donors (Lipinski definition) is 1. The molecule has 3 aromatic heterocycles. The molecule has 2 aromatic carbocycles. The van der Waals surface area contributed by atoms with Crippen LogP contribution in [0, 0.1) is 5.82 Å². The van der Waals surface area contributed by atoms with Gasteiger partial charge in [0.15, 0.2) is 0 Å². The van der Waals surface area contributed by atoms with Gasteiger partial charge in [0.25, 0.3) is 0 Å². The molecule has 13 heteroatoms. The second-order valence-corrected chi connectivity index (χ2v) is 13.2. The number of benzene rings is 2. The van der Waals surface area contributed by atoms with Gasteiger partial charge in [0.1, 0.15) is 51.3 Å². The molecule has 5 rings (SSSR count). The van der Waals surface area contributed by atoms with Crippen molar-refractivity contribution in [1.29, 1.82) is 0 Å². The Hall–Kier alpha value is -3.52. The molecule has 1 unspecified atom stereocenters. The molecule has 0 spiro atoms. The molecule has 0 amide bonds. The van der Waals surface area contributed by atoms with Crippen LogP contribution in [0.2, 0.25) is 0 Å². The minimum absolute atomic E-state index is 0.0428. The van der Waals surface area contributed by atoms with Gasteiger partial charge < -0.3 is 14.8 Å². The average molecular weight is 659 g/mol. The maximum Gasteiger partial charge on any atom is 0.149 e. The van der Waals surface area contributed by atoms with E-state index in [0.29, 0.717) is 28.5 Å². The van der Waals surface area contributed by atoms with Gasteiger partial charge in [-0.15, -0.1) is 11.3 Å². The van der Waals surface area contributed by atoms with E-state index in [1.54, 1.807) is 18.3 Å². The number of thiazole rings is 1.